The highest BCUT2D eigenvalue weighted by atomic mass is 16.6. The molecule has 26 heavy (non-hydrogen) atoms. The van der Waals surface area contributed by atoms with Gasteiger partial charge in [-0.3, -0.25) is 19.8 Å². The highest BCUT2D eigenvalue weighted by molar-refractivity contribution is 5.78. The van der Waals surface area contributed by atoms with Crippen molar-refractivity contribution in [3.63, 3.8) is 0 Å². The molecule has 0 saturated carbocycles. The lowest BCUT2D eigenvalue weighted by atomic mass is 10.1. The number of piperazine rings is 1. The van der Waals surface area contributed by atoms with Gasteiger partial charge >= 0.3 is 0 Å². The zero-order valence-corrected chi connectivity index (χ0v) is 14.5. The van der Waals surface area contributed by atoms with Crippen LogP contribution >= 0.6 is 0 Å². The van der Waals surface area contributed by atoms with Gasteiger partial charge in [0, 0.05) is 45.3 Å². The summed E-state index contributed by atoms with van der Waals surface area (Å²) in [7, 11) is 0. The summed E-state index contributed by atoms with van der Waals surface area (Å²) in [6.45, 7) is 5.33. The number of hydrogen-bond acceptors (Lipinski definition) is 7. The Kier molecular flexibility index (Phi) is 5.65. The summed E-state index contributed by atoms with van der Waals surface area (Å²) in [4.78, 5) is 29.0. The van der Waals surface area contributed by atoms with E-state index in [1.54, 1.807) is 12.1 Å². The van der Waals surface area contributed by atoms with Crippen LogP contribution in [-0.2, 0) is 9.53 Å². The molecule has 9 nitrogen and oxygen atoms in total. The van der Waals surface area contributed by atoms with E-state index in [9.17, 15) is 14.9 Å². The Morgan fingerprint density at radius 3 is 2.50 bits per heavy atom. The quantitative estimate of drug-likeness (QED) is 0.568. The number of carbonyl (C=O) groups excluding carboxylic acids is 1. The summed E-state index contributed by atoms with van der Waals surface area (Å²) in [5.41, 5.74) is 0.741. The lowest BCUT2D eigenvalue weighted by Gasteiger charge is -2.36. The molecule has 138 valence electrons. The van der Waals surface area contributed by atoms with Crippen molar-refractivity contribution in [2.24, 2.45) is 0 Å². The number of nitro groups is 1. The average molecular weight is 359 g/mol. The van der Waals surface area contributed by atoms with Crippen molar-refractivity contribution in [2.75, 3.05) is 63.9 Å². The van der Waals surface area contributed by atoms with Crippen LogP contribution in [0.5, 0.6) is 0 Å². The third kappa shape index (κ3) is 4.09. The largest absolute Gasteiger partial charge is 0.378 e. The minimum Gasteiger partial charge on any atom is -0.378 e. The number of nitro benzene ring substituents is 1. The zero-order chi connectivity index (χ0) is 18.5. The molecule has 0 spiro atoms. The van der Waals surface area contributed by atoms with Crippen molar-refractivity contribution in [1.82, 2.24) is 9.80 Å². The van der Waals surface area contributed by atoms with Gasteiger partial charge in [0.25, 0.3) is 5.69 Å². The highest BCUT2D eigenvalue weighted by Crippen LogP contribution is 2.29. The molecule has 2 heterocycles. The molecule has 1 aromatic rings. The van der Waals surface area contributed by atoms with Gasteiger partial charge in [0.1, 0.15) is 5.69 Å². The van der Waals surface area contributed by atoms with Crippen LogP contribution in [-0.4, -0.2) is 79.7 Å². The second kappa shape index (κ2) is 8.12. The van der Waals surface area contributed by atoms with Crippen molar-refractivity contribution in [3.05, 3.63) is 33.9 Å². The highest BCUT2D eigenvalue weighted by Gasteiger charge is 2.26. The molecule has 0 N–H and O–H groups in total. The van der Waals surface area contributed by atoms with E-state index in [1.807, 2.05) is 15.9 Å². The summed E-state index contributed by atoms with van der Waals surface area (Å²) in [6.07, 6.45) is 0. The van der Waals surface area contributed by atoms with Gasteiger partial charge in [0.05, 0.1) is 36.3 Å². The number of nitrogens with zero attached hydrogens (tertiary/aromatic N) is 5. The molecule has 0 unspecified atom stereocenters. The number of ether oxygens (including phenoxy) is 1. The van der Waals surface area contributed by atoms with Gasteiger partial charge in [-0.25, -0.2) is 0 Å². The van der Waals surface area contributed by atoms with Crippen molar-refractivity contribution in [3.8, 4) is 6.07 Å². The van der Waals surface area contributed by atoms with Crippen LogP contribution in [0.3, 0.4) is 0 Å². The van der Waals surface area contributed by atoms with Gasteiger partial charge in [-0.05, 0) is 12.1 Å². The lowest BCUT2D eigenvalue weighted by Crippen LogP contribution is -2.51. The van der Waals surface area contributed by atoms with Crippen LogP contribution in [0.1, 0.15) is 5.56 Å². The molecule has 0 aliphatic carbocycles. The third-order valence-electron chi connectivity index (χ3n) is 4.74. The number of amides is 1. The summed E-state index contributed by atoms with van der Waals surface area (Å²) in [5.74, 6) is 0.103. The van der Waals surface area contributed by atoms with Crippen molar-refractivity contribution < 1.29 is 14.5 Å². The molecular formula is C17H21N5O4. The predicted molar refractivity (Wildman–Crippen MR) is 93.9 cm³/mol. The molecule has 2 aliphatic heterocycles. The molecule has 3 rings (SSSR count). The first-order chi connectivity index (χ1) is 12.6. The second-order valence-corrected chi connectivity index (χ2v) is 6.33. The number of morpholine rings is 1. The fraction of sp³-hybridized carbons (Fsp3) is 0.529. The zero-order valence-electron chi connectivity index (χ0n) is 14.5. The number of carbonyl (C=O) groups is 1. The summed E-state index contributed by atoms with van der Waals surface area (Å²) in [6, 6.07) is 6.46. The number of hydrogen-bond donors (Lipinski definition) is 0. The topological polar surface area (TPSA) is 103 Å². The summed E-state index contributed by atoms with van der Waals surface area (Å²) in [5, 5.41) is 20.3. The van der Waals surface area contributed by atoms with Crippen molar-refractivity contribution >= 4 is 17.3 Å². The molecule has 0 bridgehead atoms. The molecule has 0 aromatic heterocycles. The maximum Gasteiger partial charge on any atom is 0.293 e. The molecular weight excluding hydrogens is 338 g/mol. The fourth-order valence-electron chi connectivity index (χ4n) is 3.26. The van der Waals surface area contributed by atoms with Gasteiger partial charge in [-0.15, -0.1) is 0 Å². The van der Waals surface area contributed by atoms with Crippen LogP contribution in [0.2, 0.25) is 0 Å². The van der Waals surface area contributed by atoms with E-state index in [0.29, 0.717) is 64.7 Å². The van der Waals surface area contributed by atoms with E-state index in [0.717, 1.165) is 0 Å². The van der Waals surface area contributed by atoms with Crippen LogP contribution in [0.4, 0.5) is 11.4 Å². The molecule has 0 atom stereocenters. The Bertz CT molecular complexity index is 718. The maximum absolute atomic E-state index is 12.3. The van der Waals surface area contributed by atoms with Crippen molar-refractivity contribution in [2.45, 2.75) is 0 Å². The Morgan fingerprint density at radius 1 is 1.19 bits per heavy atom. The number of anilines is 1. The molecule has 1 amide bonds. The molecule has 2 fully saturated rings. The van der Waals surface area contributed by atoms with E-state index in [1.165, 1.54) is 6.07 Å². The van der Waals surface area contributed by atoms with E-state index >= 15 is 0 Å². The summed E-state index contributed by atoms with van der Waals surface area (Å²) >= 11 is 0. The van der Waals surface area contributed by atoms with E-state index in [-0.39, 0.29) is 17.2 Å². The first-order valence-corrected chi connectivity index (χ1v) is 8.60. The first kappa shape index (κ1) is 18.1. The molecule has 2 aliphatic rings. The van der Waals surface area contributed by atoms with Gasteiger partial charge in [-0.1, -0.05) is 0 Å². The van der Waals surface area contributed by atoms with Gasteiger partial charge in [-0.2, -0.15) is 5.26 Å². The molecule has 2 saturated heterocycles. The Labute approximate surface area is 151 Å². The second-order valence-electron chi connectivity index (χ2n) is 6.33. The average Bonchev–Trinajstić information content (AvgIpc) is 2.68. The van der Waals surface area contributed by atoms with E-state index in [4.69, 9.17) is 10.00 Å². The van der Waals surface area contributed by atoms with E-state index in [2.05, 4.69) is 4.90 Å². The minimum absolute atomic E-state index is 0.0538. The molecule has 0 radical (unpaired) electrons. The van der Waals surface area contributed by atoms with E-state index < -0.39 is 4.92 Å². The SMILES string of the molecule is N#Cc1ccc(N2CCN(CC(=O)N3CCOCC3)CC2)c([N+](=O)[O-])c1. The smallest absolute Gasteiger partial charge is 0.293 e. The third-order valence-corrected chi connectivity index (χ3v) is 4.74. The molecule has 1 aromatic carbocycles. The van der Waals surface area contributed by atoms with Crippen LogP contribution in [0.25, 0.3) is 0 Å². The number of rotatable bonds is 4. The van der Waals surface area contributed by atoms with Crippen LogP contribution in [0.15, 0.2) is 18.2 Å². The van der Waals surface area contributed by atoms with Gasteiger partial charge < -0.3 is 14.5 Å². The molecule has 9 heteroatoms. The minimum atomic E-state index is -0.454. The monoisotopic (exact) mass is 359 g/mol. The van der Waals surface area contributed by atoms with Gasteiger partial charge in [0.2, 0.25) is 5.91 Å². The maximum atomic E-state index is 12.3. The van der Waals surface area contributed by atoms with Gasteiger partial charge in [0.15, 0.2) is 0 Å². The Balaban J connectivity index is 1.59. The van der Waals surface area contributed by atoms with Crippen molar-refractivity contribution in [1.29, 1.82) is 5.26 Å². The fourth-order valence-corrected chi connectivity index (χ4v) is 3.26. The Morgan fingerprint density at radius 2 is 1.88 bits per heavy atom. The number of nitriles is 1. The summed E-state index contributed by atoms with van der Waals surface area (Å²) < 4.78 is 5.26. The van der Waals surface area contributed by atoms with Crippen LogP contribution in [0, 0.1) is 21.4 Å². The normalized spacial score (nSPS) is 18.4. The standard InChI is InChI=1S/C17H21N5O4/c18-12-14-1-2-15(16(11-14)22(24)25)20-5-3-19(4-6-20)13-17(23)21-7-9-26-10-8-21/h1-2,11H,3-10,13H2. The first-order valence-electron chi connectivity index (χ1n) is 8.60. The van der Waals surface area contributed by atoms with Crippen LogP contribution < -0.4 is 4.90 Å². The lowest BCUT2D eigenvalue weighted by molar-refractivity contribution is -0.384. The Hall–Kier alpha value is -2.70. The predicted octanol–water partition coefficient (Wildman–Crippen LogP) is 0.447. The number of benzene rings is 1.